The molecule has 1 N–H and O–H groups in total. The minimum atomic E-state index is -2.16. The molecule has 1 saturated heterocycles. The van der Waals surface area contributed by atoms with Gasteiger partial charge in [0.2, 0.25) is 14.2 Å². The van der Waals surface area contributed by atoms with Crippen LogP contribution in [0.1, 0.15) is 27.7 Å². The summed E-state index contributed by atoms with van der Waals surface area (Å²) in [5.74, 6) is -0.328. The fraction of sp³-hybridized carbons (Fsp3) is 0.688. The fourth-order valence-corrected chi connectivity index (χ4v) is 3.64. The van der Waals surface area contributed by atoms with Crippen molar-refractivity contribution >= 4 is 20.3 Å². The van der Waals surface area contributed by atoms with E-state index in [0.29, 0.717) is 6.54 Å². The fourth-order valence-electron chi connectivity index (χ4n) is 2.66. The second-order valence-corrected chi connectivity index (χ2v) is 12.6. The van der Waals surface area contributed by atoms with Crippen molar-refractivity contribution in [3.63, 3.8) is 0 Å². The van der Waals surface area contributed by atoms with E-state index >= 15 is 0 Å². The summed E-state index contributed by atoms with van der Waals surface area (Å²) in [5.41, 5.74) is 0.802. The number of urea groups is 1. The molecule has 2 bridgehead atoms. The number of fused-ring (bicyclic) bond motifs is 2. The third kappa shape index (κ3) is 3.19. The first-order valence-electron chi connectivity index (χ1n) is 8.11. The minimum Gasteiger partial charge on any atom is -0.341 e. The van der Waals surface area contributed by atoms with Gasteiger partial charge in [-0.1, -0.05) is 26.8 Å². The number of carbonyl (C=O) groups is 2. The SMILES string of the molecule is CC1=C[C@@H]2CN(C(=O)N2O[Si](C)(C)C(C)(C)C)[C@@H]1C(=O)NCC#N. The average molecular weight is 350 g/mol. The molecule has 3 amide bonds. The van der Waals surface area contributed by atoms with Crippen molar-refractivity contribution in [2.45, 2.75) is 57.9 Å². The number of hydrogen-bond donors (Lipinski definition) is 1. The number of nitriles is 1. The second kappa shape index (κ2) is 6.22. The topological polar surface area (TPSA) is 85.7 Å². The van der Waals surface area contributed by atoms with Crippen LogP contribution in [0.3, 0.4) is 0 Å². The van der Waals surface area contributed by atoms with Crippen LogP contribution < -0.4 is 5.32 Å². The van der Waals surface area contributed by atoms with E-state index in [2.05, 4.69) is 39.2 Å². The molecule has 0 aromatic rings. The molecule has 2 atom stereocenters. The molecule has 2 rings (SSSR count). The highest BCUT2D eigenvalue weighted by atomic mass is 28.4. The molecule has 24 heavy (non-hydrogen) atoms. The third-order valence-electron chi connectivity index (χ3n) is 5.04. The Bertz CT molecular complexity index is 618. The summed E-state index contributed by atoms with van der Waals surface area (Å²) in [7, 11) is -2.16. The quantitative estimate of drug-likeness (QED) is 0.477. The number of carbonyl (C=O) groups excluding carboxylic acids is 2. The maximum absolute atomic E-state index is 12.8. The van der Waals surface area contributed by atoms with E-state index in [1.807, 2.05) is 19.1 Å². The molecule has 132 valence electrons. The molecule has 2 aliphatic rings. The van der Waals surface area contributed by atoms with E-state index in [9.17, 15) is 9.59 Å². The summed E-state index contributed by atoms with van der Waals surface area (Å²) in [6.07, 6.45) is 1.92. The maximum atomic E-state index is 12.8. The van der Waals surface area contributed by atoms with E-state index in [-0.39, 0.29) is 29.6 Å². The Balaban J connectivity index is 2.22. The maximum Gasteiger partial charge on any atom is 0.344 e. The number of nitrogens with one attached hydrogen (secondary N) is 1. The first-order chi connectivity index (χ1) is 11.0. The van der Waals surface area contributed by atoms with Crippen molar-refractivity contribution in [2.75, 3.05) is 13.1 Å². The number of rotatable bonds is 4. The molecule has 1 fully saturated rings. The largest absolute Gasteiger partial charge is 0.344 e. The van der Waals surface area contributed by atoms with E-state index in [0.717, 1.165) is 5.57 Å². The first kappa shape index (κ1) is 18.5. The highest BCUT2D eigenvalue weighted by molar-refractivity contribution is 6.74. The Morgan fingerprint density at radius 1 is 1.50 bits per heavy atom. The normalized spacial score (nSPS) is 23.9. The van der Waals surface area contributed by atoms with Gasteiger partial charge in [-0.2, -0.15) is 5.26 Å². The molecule has 7 nitrogen and oxygen atoms in total. The van der Waals surface area contributed by atoms with Crippen LogP contribution in [-0.2, 0) is 9.32 Å². The summed E-state index contributed by atoms with van der Waals surface area (Å²) in [5, 5.41) is 12.6. The molecule has 0 saturated carbocycles. The first-order valence-corrected chi connectivity index (χ1v) is 11.0. The lowest BCUT2D eigenvalue weighted by Crippen LogP contribution is -2.51. The Kier molecular flexibility index (Phi) is 4.79. The summed E-state index contributed by atoms with van der Waals surface area (Å²) in [6, 6.07) is 0.751. The molecule has 2 aliphatic heterocycles. The van der Waals surface area contributed by atoms with Crippen LogP contribution in [0, 0.1) is 11.3 Å². The highest BCUT2D eigenvalue weighted by Gasteiger charge is 2.50. The van der Waals surface area contributed by atoms with Gasteiger partial charge in [-0.05, 0) is 30.6 Å². The van der Waals surface area contributed by atoms with Crippen molar-refractivity contribution in [1.29, 1.82) is 5.26 Å². The van der Waals surface area contributed by atoms with Crippen LogP contribution in [0.2, 0.25) is 18.1 Å². The van der Waals surface area contributed by atoms with Gasteiger partial charge in [-0.25, -0.2) is 9.86 Å². The van der Waals surface area contributed by atoms with Crippen molar-refractivity contribution in [1.82, 2.24) is 15.3 Å². The molecule has 0 aromatic heterocycles. The Morgan fingerprint density at radius 2 is 2.12 bits per heavy atom. The lowest BCUT2D eigenvalue weighted by molar-refractivity contribution is -0.124. The third-order valence-corrected chi connectivity index (χ3v) is 9.31. The summed E-state index contributed by atoms with van der Waals surface area (Å²) in [6.45, 7) is 12.7. The predicted octanol–water partition coefficient (Wildman–Crippen LogP) is 2.00. The molecule has 2 heterocycles. The Hall–Kier alpha value is -1.85. The molecule has 0 spiro atoms. The molecular formula is C16H26N4O3Si. The highest BCUT2D eigenvalue weighted by Crippen LogP contribution is 2.39. The van der Waals surface area contributed by atoms with E-state index in [1.165, 1.54) is 9.96 Å². The van der Waals surface area contributed by atoms with Crippen LogP contribution in [0.4, 0.5) is 4.79 Å². The zero-order valence-electron chi connectivity index (χ0n) is 15.2. The van der Waals surface area contributed by atoms with Gasteiger partial charge in [0, 0.05) is 0 Å². The van der Waals surface area contributed by atoms with Gasteiger partial charge in [0.1, 0.15) is 12.6 Å². The zero-order chi connectivity index (χ0) is 18.3. The predicted molar refractivity (Wildman–Crippen MR) is 92.2 cm³/mol. The molecule has 8 heteroatoms. The van der Waals surface area contributed by atoms with Gasteiger partial charge in [0.15, 0.2) is 0 Å². The average Bonchev–Trinajstić information content (AvgIpc) is 2.69. The molecule has 0 aliphatic carbocycles. The monoisotopic (exact) mass is 350 g/mol. The van der Waals surface area contributed by atoms with E-state index in [4.69, 9.17) is 9.79 Å². The standard InChI is InChI=1S/C16H26N4O3Si/c1-11-9-12-10-19(13(11)14(21)18-8-7-17)15(22)20(12)23-24(5,6)16(2,3)4/h9,12-13H,8,10H2,1-6H3,(H,18,21)/t12-,13+/m1/s1. The van der Waals surface area contributed by atoms with Crippen molar-refractivity contribution in [2.24, 2.45) is 0 Å². The van der Waals surface area contributed by atoms with Gasteiger partial charge in [0.05, 0.1) is 18.7 Å². The number of nitrogens with zero attached hydrogens (tertiary/aromatic N) is 3. The Labute approximate surface area is 144 Å². The van der Waals surface area contributed by atoms with E-state index in [1.54, 1.807) is 0 Å². The lowest BCUT2D eigenvalue weighted by Gasteiger charge is -2.39. The van der Waals surface area contributed by atoms with Crippen molar-refractivity contribution < 1.29 is 14.1 Å². The Morgan fingerprint density at radius 3 is 2.67 bits per heavy atom. The zero-order valence-corrected chi connectivity index (χ0v) is 16.2. The van der Waals surface area contributed by atoms with Crippen LogP contribution in [-0.4, -0.2) is 55.4 Å². The van der Waals surface area contributed by atoms with Crippen LogP contribution >= 0.6 is 0 Å². The number of hydrogen-bond acceptors (Lipinski definition) is 4. The number of hydroxylamine groups is 2. The van der Waals surface area contributed by atoms with Crippen LogP contribution in [0.15, 0.2) is 11.6 Å². The molecule has 0 radical (unpaired) electrons. The molecular weight excluding hydrogens is 324 g/mol. The smallest absolute Gasteiger partial charge is 0.341 e. The van der Waals surface area contributed by atoms with Gasteiger partial charge in [-0.3, -0.25) is 4.79 Å². The molecule has 0 aromatic carbocycles. The van der Waals surface area contributed by atoms with Crippen LogP contribution in [0.5, 0.6) is 0 Å². The van der Waals surface area contributed by atoms with Crippen LogP contribution in [0.25, 0.3) is 0 Å². The lowest BCUT2D eigenvalue weighted by atomic mass is 10.00. The van der Waals surface area contributed by atoms with Gasteiger partial charge in [-0.15, -0.1) is 0 Å². The number of amides is 3. The van der Waals surface area contributed by atoms with Gasteiger partial charge >= 0.3 is 6.03 Å². The van der Waals surface area contributed by atoms with Gasteiger partial charge < -0.3 is 14.7 Å². The second-order valence-electron chi connectivity index (χ2n) is 7.87. The molecule has 0 unspecified atom stereocenters. The minimum absolute atomic E-state index is 0.0262. The van der Waals surface area contributed by atoms with Gasteiger partial charge in [0.25, 0.3) is 0 Å². The van der Waals surface area contributed by atoms with Crippen molar-refractivity contribution in [3.05, 3.63) is 11.6 Å². The van der Waals surface area contributed by atoms with E-state index < -0.39 is 14.4 Å². The summed E-state index contributed by atoms with van der Waals surface area (Å²) < 4.78 is 6.20. The van der Waals surface area contributed by atoms with Crippen molar-refractivity contribution in [3.8, 4) is 6.07 Å². The summed E-state index contributed by atoms with van der Waals surface area (Å²) in [4.78, 5) is 26.6. The summed E-state index contributed by atoms with van der Waals surface area (Å²) >= 11 is 0.